The zero-order chi connectivity index (χ0) is 23.8. The maximum Gasteiger partial charge on any atom is 0.547 e. The number of benzene rings is 1. The van der Waals surface area contributed by atoms with E-state index in [1.165, 1.54) is 19.9 Å². The fraction of sp³-hybridized carbons (Fsp3) is 0.524. The molecule has 1 amide bonds. The lowest BCUT2D eigenvalue weighted by atomic mass is 9.72. The normalized spacial score (nSPS) is 15.8. The van der Waals surface area contributed by atoms with Crippen LogP contribution in [0.2, 0.25) is 0 Å². The molecule has 32 heavy (non-hydrogen) atoms. The first-order valence-electron chi connectivity index (χ1n) is 10.4. The van der Waals surface area contributed by atoms with Crippen LogP contribution in [0.15, 0.2) is 18.2 Å². The summed E-state index contributed by atoms with van der Waals surface area (Å²) in [5.41, 5.74) is 0.632. The van der Waals surface area contributed by atoms with Crippen LogP contribution in [0.25, 0.3) is 0 Å². The number of esters is 1. The van der Waals surface area contributed by atoms with E-state index in [0.29, 0.717) is 18.4 Å². The Morgan fingerprint density at radius 2 is 1.88 bits per heavy atom. The second kappa shape index (κ2) is 11.5. The molecule has 0 bridgehead atoms. The van der Waals surface area contributed by atoms with Crippen molar-refractivity contribution in [3.05, 3.63) is 29.3 Å². The molecule has 11 heteroatoms. The zero-order valence-corrected chi connectivity index (χ0v) is 18.6. The quantitative estimate of drug-likeness (QED) is 0.329. The van der Waals surface area contributed by atoms with Gasteiger partial charge in [-0.15, -0.1) is 0 Å². The highest BCUT2D eigenvalue weighted by molar-refractivity contribution is 6.47. The number of amides is 1. The van der Waals surface area contributed by atoms with Crippen LogP contribution in [-0.2, 0) is 30.2 Å². The molecule has 0 aromatic heterocycles. The van der Waals surface area contributed by atoms with Gasteiger partial charge in [-0.05, 0) is 45.2 Å². The van der Waals surface area contributed by atoms with E-state index >= 15 is 0 Å². The van der Waals surface area contributed by atoms with Crippen molar-refractivity contribution < 1.29 is 43.1 Å². The molecule has 10 nitrogen and oxygen atoms in total. The lowest BCUT2D eigenvalue weighted by molar-refractivity contribution is -0.122. The standard InChI is InChI=1S/C21H28BNO9/c1-12(2)29-21(27)31-14(4)30-20(26)16-9-6-8-15-11-17(22(28)32-19(15)16)23-18(25)10-5-7-13(3)24/h6,8-9,12,14,17,28H,5,7,10-11H2,1-4H3,(H,23,25)/t14?,17-/m0/s1. The Morgan fingerprint density at radius 3 is 2.53 bits per heavy atom. The van der Waals surface area contributed by atoms with E-state index in [1.807, 2.05) is 0 Å². The van der Waals surface area contributed by atoms with Crippen LogP contribution in [0.3, 0.4) is 0 Å². The van der Waals surface area contributed by atoms with Crippen LogP contribution >= 0.6 is 0 Å². The number of Topliss-reactive ketones (excluding diaryl/α,β-unsaturated/α-hetero) is 1. The number of carbonyl (C=O) groups is 4. The highest BCUT2D eigenvalue weighted by Crippen LogP contribution is 2.31. The van der Waals surface area contributed by atoms with Crippen molar-refractivity contribution >= 4 is 30.9 Å². The molecule has 0 aliphatic carbocycles. The Morgan fingerprint density at radius 1 is 1.16 bits per heavy atom. The van der Waals surface area contributed by atoms with Crippen LogP contribution in [-0.4, -0.2) is 54.3 Å². The Balaban J connectivity index is 2.00. The summed E-state index contributed by atoms with van der Waals surface area (Å²) in [7, 11) is -1.39. The Labute approximate surface area is 186 Å². The molecule has 1 aromatic rings. The smallest absolute Gasteiger partial charge is 0.534 e. The summed E-state index contributed by atoms with van der Waals surface area (Å²) in [4.78, 5) is 47.2. The third-order valence-corrected chi connectivity index (χ3v) is 4.49. The molecule has 2 N–H and O–H groups in total. The second-order valence-corrected chi connectivity index (χ2v) is 7.74. The fourth-order valence-corrected chi connectivity index (χ4v) is 3.08. The number of fused-ring (bicyclic) bond motifs is 1. The predicted octanol–water partition coefficient (Wildman–Crippen LogP) is 1.95. The maximum absolute atomic E-state index is 12.6. The van der Waals surface area contributed by atoms with Gasteiger partial charge in [0.2, 0.25) is 12.2 Å². The van der Waals surface area contributed by atoms with Gasteiger partial charge in [0.05, 0.1) is 12.0 Å². The lowest BCUT2D eigenvalue weighted by Crippen LogP contribution is -2.53. The molecular weight excluding hydrogens is 421 g/mol. The highest BCUT2D eigenvalue weighted by atomic mass is 16.8. The van der Waals surface area contributed by atoms with Crippen molar-refractivity contribution in [1.29, 1.82) is 0 Å². The van der Waals surface area contributed by atoms with Crippen molar-refractivity contribution in [2.45, 2.75) is 71.7 Å². The summed E-state index contributed by atoms with van der Waals surface area (Å²) >= 11 is 0. The molecular formula is C21H28BNO9. The Kier molecular flexibility index (Phi) is 9.07. The van der Waals surface area contributed by atoms with E-state index in [0.717, 1.165) is 0 Å². The largest absolute Gasteiger partial charge is 0.547 e. The summed E-state index contributed by atoms with van der Waals surface area (Å²) in [5.74, 6) is -1.71. The van der Waals surface area contributed by atoms with Crippen LogP contribution in [0, 0.1) is 0 Å². The molecule has 2 atom stereocenters. The summed E-state index contributed by atoms with van der Waals surface area (Å²) < 4.78 is 20.3. The molecule has 174 valence electrons. The maximum atomic E-state index is 12.6. The number of para-hydroxylation sites is 1. The predicted molar refractivity (Wildman–Crippen MR) is 113 cm³/mol. The second-order valence-electron chi connectivity index (χ2n) is 7.74. The van der Waals surface area contributed by atoms with Gasteiger partial charge in [-0.2, -0.15) is 0 Å². The first-order valence-corrected chi connectivity index (χ1v) is 10.4. The van der Waals surface area contributed by atoms with E-state index in [-0.39, 0.29) is 41.9 Å². The highest BCUT2D eigenvalue weighted by Gasteiger charge is 2.38. The van der Waals surface area contributed by atoms with E-state index in [9.17, 15) is 24.2 Å². The molecule has 1 heterocycles. The molecule has 0 spiro atoms. The summed E-state index contributed by atoms with van der Waals surface area (Å²) in [6, 6.07) is 4.77. The molecule has 1 aliphatic rings. The first-order chi connectivity index (χ1) is 15.1. The van der Waals surface area contributed by atoms with Crippen LogP contribution in [0.5, 0.6) is 5.75 Å². The van der Waals surface area contributed by atoms with Gasteiger partial charge in [0, 0.05) is 19.8 Å². The lowest BCUT2D eigenvalue weighted by Gasteiger charge is -2.29. The van der Waals surface area contributed by atoms with Gasteiger partial charge in [0.1, 0.15) is 17.1 Å². The molecule has 0 radical (unpaired) electrons. The van der Waals surface area contributed by atoms with E-state index in [2.05, 4.69) is 5.32 Å². The molecule has 2 rings (SSSR count). The monoisotopic (exact) mass is 449 g/mol. The van der Waals surface area contributed by atoms with Crippen LogP contribution in [0.1, 0.15) is 62.9 Å². The van der Waals surface area contributed by atoms with E-state index < -0.39 is 31.5 Å². The molecule has 1 aliphatic heterocycles. The topological polar surface area (TPSA) is 137 Å². The average molecular weight is 449 g/mol. The zero-order valence-electron chi connectivity index (χ0n) is 18.6. The number of hydrogen-bond donors (Lipinski definition) is 2. The Hall–Kier alpha value is -3.08. The van der Waals surface area contributed by atoms with Crippen molar-refractivity contribution in [2.24, 2.45) is 0 Å². The van der Waals surface area contributed by atoms with Gasteiger partial charge in [0.15, 0.2) is 0 Å². The van der Waals surface area contributed by atoms with Crippen molar-refractivity contribution in [1.82, 2.24) is 5.32 Å². The average Bonchev–Trinajstić information content (AvgIpc) is 2.66. The number of ether oxygens (including phenoxy) is 3. The molecule has 0 saturated carbocycles. The van der Waals surface area contributed by atoms with Gasteiger partial charge in [-0.25, -0.2) is 9.59 Å². The van der Waals surface area contributed by atoms with Gasteiger partial charge in [-0.3, -0.25) is 4.79 Å². The SMILES string of the molecule is CC(=O)CCCC(=O)N[C@H]1Cc2cccc(C(=O)OC(C)OC(=O)OC(C)C)c2OB1O. The van der Waals surface area contributed by atoms with Gasteiger partial charge in [0.25, 0.3) is 0 Å². The third-order valence-electron chi connectivity index (χ3n) is 4.49. The summed E-state index contributed by atoms with van der Waals surface area (Å²) in [5, 5.41) is 13.0. The van der Waals surface area contributed by atoms with Crippen molar-refractivity contribution in [3.63, 3.8) is 0 Å². The minimum absolute atomic E-state index is 0.00343. The van der Waals surface area contributed by atoms with Crippen molar-refractivity contribution in [3.8, 4) is 5.75 Å². The summed E-state index contributed by atoms with van der Waals surface area (Å²) in [6.45, 7) is 6.12. The number of hydrogen-bond acceptors (Lipinski definition) is 9. The van der Waals surface area contributed by atoms with Crippen molar-refractivity contribution in [2.75, 3.05) is 0 Å². The summed E-state index contributed by atoms with van der Waals surface area (Å²) in [6.07, 6.45) is -1.46. The van der Waals surface area contributed by atoms with Gasteiger partial charge in [-0.1, -0.05) is 12.1 Å². The molecule has 1 unspecified atom stereocenters. The van der Waals surface area contributed by atoms with Gasteiger partial charge >= 0.3 is 19.2 Å². The van der Waals surface area contributed by atoms with E-state index in [4.69, 9.17) is 18.9 Å². The minimum atomic E-state index is -1.39. The first kappa shape index (κ1) is 25.2. The third kappa shape index (κ3) is 7.56. The molecule has 0 saturated heterocycles. The number of carbonyl (C=O) groups excluding carboxylic acids is 4. The van der Waals surface area contributed by atoms with Gasteiger partial charge < -0.3 is 34.0 Å². The fourth-order valence-electron chi connectivity index (χ4n) is 3.08. The molecule has 0 fully saturated rings. The number of ketones is 1. The van der Waals surface area contributed by atoms with E-state index in [1.54, 1.807) is 26.0 Å². The Bertz CT molecular complexity index is 858. The number of rotatable bonds is 9. The minimum Gasteiger partial charge on any atom is -0.534 e. The number of nitrogens with one attached hydrogen (secondary N) is 1. The molecule has 1 aromatic carbocycles. The van der Waals surface area contributed by atoms with Crippen LogP contribution in [0.4, 0.5) is 4.79 Å². The van der Waals surface area contributed by atoms with Crippen LogP contribution < -0.4 is 9.97 Å².